The van der Waals surface area contributed by atoms with Crippen LogP contribution in [0, 0.1) is 11.8 Å². The fourth-order valence-electron chi connectivity index (χ4n) is 2.27. The Morgan fingerprint density at radius 3 is 2.57 bits per heavy atom. The van der Waals surface area contributed by atoms with Crippen molar-refractivity contribution in [2.75, 3.05) is 0 Å². The van der Waals surface area contributed by atoms with Crippen LogP contribution in [0.1, 0.15) is 5.56 Å². The van der Waals surface area contributed by atoms with Crippen molar-refractivity contribution in [3.63, 3.8) is 0 Å². The molecule has 0 aliphatic rings. The van der Waals surface area contributed by atoms with Crippen LogP contribution < -0.4 is 0 Å². The van der Waals surface area contributed by atoms with E-state index in [1.807, 2.05) is 54.6 Å². The molecular weight excluding hydrogens is 262 g/mol. The molecule has 3 heteroatoms. The molecule has 0 saturated heterocycles. The zero-order chi connectivity index (χ0) is 14.7. The second-order valence-corrected chi connectivity index (χ2v) is 4.48. The number of rotatable bonds is 1. The highest BCUT2D eigenvalue weighted by Gasteiger charge is 2.07. The maximum absolute atomic E-state index is 10.6. The molecule has 1 aromatic heterocycles. The Bertz CT molecular complexity index is 883. The fourth-order valence-corrected chi connectivity index (χ4v) is 2.27. The first-order valence-corrected chi connectivity index (χ1v) is 6.44. The highest BCUT2D eigenvalue weighted by atomic mass is 16.4. The highest BCUT2D eigenvalue weighted by molar-refractivity contribution is 5.95. The number of hydrogen-bond donors (Lipinski definition) is 1. The summed E-state index contributed by atoms with van der Waals surface area (Å²) < 4.78 is 0. The van der Waals surface area contributed by atoms with E-state index in [0.717, 1.165) is 22.0 Å². The number of nitrogens with zero attached hydrogens (tertiary/aromatic N) is 1. The summed E-state index contributed by atoms with van der Waals surface area (Å²) in [6.07, 6.45) is 1.75. The number of para-hydroxylation sites is 1. The van der Waals surface area contributed by atoms with Gasteiger partial charge in [-0.3, -0.25) is 4.98 Å². The quantitative estimate of drug-likeness (QED) is 0.692. The molecule has 21 heavy (non-hydrogen) atoms. The van der Waals surface area contributed by atoms with E-state index in [-0.39, 0.29) is 0 Å². The van der Waals surface area contributed by atoms with Crippen LogP contribution in [-0.2, 0) is 4.79 Å². The first kappa shape index (κ1) is 12.9. The number of benzene rings is 2. The third-order valence-corrected chi connectivity index (χ3v) is 3.15. The van der Waals surface area contributed by atoms with Crippen LogP contribution in [0.4, 0.5) is 0 Å². The number of hydrogen-bond acceptors (Lipinski definition) is 2. The summed E-state index contributed by atoms with van der Waals surface area (Å²) in [5, 5.41) is 9.76. The van der Waals surface area contributed by atoms with Crippen molar-refractivity contribution >= 4 is 16.9 Å². The van der Waals surface area contributed by atoms with Gasteiger partial charge in [0.25, 0.3) is 0 Å². The van der Waals surface area contributed by atoms with Gasteiger partial charge in [0, 0.05) is 28.6 Å². The summed E-state index contributed by atoms with van der Waals surface area (Å²) in [5.74, 6) is 3.73. The molecule has 3 aromatic rings. The molecule has 0 saturated carbocycles. The summed E-state index contributed by atoms with van der Waals surface area (Å²) in [6.45, 7) is 0. The van der Waals surface area contributed by atoms with Gasteiger partial charge in [-0.15, -0.1) is 0 Å². The van der Waals surface area contributed by atoms with Crippen LogP contribution >= 0.6 is 0 Å². The van der Waals surface area contributed by atoms with Crippen molar-refractivity contribution < 1.29 is 9.90 Å². The molecule has 1 N–H and O–H groups in total. The van der Waals surface area contributed by atoms with Gasteiger partial charge in [0.2, 0.25) is 0 Å². The standard InChI is InChI=1S/C18H11NO2/c20-17(21)11-10-13-5-1-2-8-15(13)16-9-3-6-14-7-4-12-19-18(14)16/h1-9,12H,(H,20,21). The van der Waals surface area contributed by atoms with E-state index >= 15 is 0 Å². The average Bonchev–Trinajstić information content (AvgIpc) is 2.53. The van der Waals surface area contributed by atoms with Crippen molar-refractivity contribution in [1.29, 1.82) is 0 Å². The van der Waals surface area contributed by atoms with Gasteiger partial charge in [-0.1, -0.05) is 48.4 Å². The topological polar surface area (TPSA) is 50.2 Å². The zero-order valence-corrected chi connectivity index (χ0v) is 11.1. The van der Waals surface area contributed by atoms with Crippen molar-refractivity contribution in [2.24, 2.45) is 0 Å². The Morgan fingerprint density at radius 1 is 0.952 bits per heavy atom. The molecule has 0 amide bonds. The number of carbonyl (C=O) groups is 1. The summed E-state index contributed by atoms with van der Waals surface area (Å²) in [5.41, 5.74) is 3.39. The van der Waals surface area contributed by atoms with E-state index < -0.39 is 5.97 Å². The minimum atomic E-state index is -1.14. The van der Waals surface area contributed by atoms with Crippen LogP contribution in [0.2, 0.25) is 0 Å². The molecule has 100 valence electrons. The molecule has 3 rings (SSSR count). The first-order valence-electron chi connectivity index (χ1n) is 6.44. The summed E-state index contributed by atoms with van der Waals surface area (Å²) in [6, 6.07) is 17.3. The highest BCUT2D eigenvalue weighted by Crippen LogP contribution is 2.29. The number of aromatic nitrogens is 1. The predicted molar refractivity (Wildman–Crippen MR) is 81.7 cm³/mol. The Hall–Kier alpha value is -3.12. The lowest BCUT2D eigenvalue weighted by molar-refractivity contribution is -0.130. The molecule has 0 radical (unpaired) electrons. The van der Waals surface area contributed by atoms with E-state index in [1.165, 1.54) is 0 Å². The molecule has 0 unspecified atom stereocenters. The van der Waals surface area contributed by atoms with Gasteiger partial charge in [0.05, 0.1) is 5.52 Å². The molecular formula is C18H11NO2. The lowest BCUT2D eigenvalue weighted by Crippen LogP contribution is -1.90. The molecule has 0 fully saturated rings. The summed E-state index contributed by atoms with van der Waals surface area (Å²) >= 11 is 0. The van der Waals surface area contributed by atoms with E-state index in [0.29, 0.717) is 5.56 Å². The Kier molecular flexibility index (Phi) is 3.36. The van der Waals surface area contributed by atoms with Gasteiger partial charge in [-0.05, 0) is 17.7 Å². The molecule has 1 heterocycles. The second-order valence-electron chi connectivity index (χ2n) is 4.48. The average molecular weight is 273 g/mol. The van der Waals surface area contributed by atoms with E-state index in [2.05, 4.69) is 16.8 Å². The summed E-state index contributed by atoms with van der Waals surface area (Å²) in [7, 11) is 0. The largest absolute Gasteiger partial charge is 0.472 e. The van der Waals surface area contributed by atoms with Gasteiger partial charge in [0.1, 0.15) is 0 Å². The predicted octanol–water partition coefficient (Wildman–Crippen LogP) is 3.34. The zero-order valence-electron chi connectivity index (χ0n) is 11.1. The molecule has 2 aromatic carbocycles. The molecule has 0 atom stereocenters. The Morgan fingerprint density at radius 2 is 1.71 bits per heavy atom. The number of carboxylic acids is 1. The summed E-state index contributed by atoms with van der Waals surface area (Å²) in [4.78, 5) is 15.1. The van der Waals surface area contributed by atoms with Gasteiger partial charge in [-0.2, -0.15) is 0 Å². The lowest BCUT2D eigenvalue weighted by Gasteiger charge is -2.08. The van der Waals surface area contributed by atoms with Crippen LogP contribution in [0.15, 0.2) is 60.8 Å². The van der Waals surface area contributed by atoms with Crippen molar-refractivity contribution in [1.82, 2.24) is 4.98 Å². The van der Waals surface area contributed by atoms with Crippen molar-refractivity contribution in [3.05, 3.63) is 66.4 Å². The maximum Gasteiger partial charge on any atom is 0.382 e. The molecule has 0 aliphatic carbocycles. The third kappa shape index (κ3) is 2.60. The molecule has 0 aliphatic heterocycles. The van der Waals surface area contributed by atoms with Crippen LogP contribution in [0.3, 0.4) is 0 Å². The fraction of sp³-hybridized carbons (Fsp3) is 0. The lowest BCUT2D eigenvalue weighted by atomic mass is 9.97. The van der Waals surface area contributed by atoms with E-state index in [1.54, 1.807) is 6.20 Å². The van der Waals surface area contributed by atoms with Crippen molar-refractivity contribution in [2.45, 2.75) is 0 Å². The van der Waals surface area contributed by atoms with Crippen LogP contribution in [0.5, 0.6) is 0 Å². The third-order valence-electron chi connectivity index (χ3n) is 3.15. The normalized spacial score (nSPS) is 9.90. The second kappa shape index (κ2) is 5.48. The van der Waals surface area contributed by atoms with Gasteiger partial charge < -0.3 is 5.11 Å². The first-order chi connectivity index (χ1) is 10.3. The molecule has 0 spiro atoms. The minimum absolute atomic E-state index is 0.679. The number of pyridine rings is 1. The van der Waals surface area contributed by atoms with Gasteiger partial charge >= 0.3 is 5.97 Å². The Balaban J connectivity index is 2.25. The van der Waals surface area contributed by atoms with Gasteiger partial charge in [0.15, 0.2) is 0 Å². The smallest absolute Gasteiger partial charge is 0.382 e. The van der Waals surface area contributed by atoms with Crippen molar-refractivity contribution in [3.8, 4) is 23.0 Å². The number of fused-ring (bicyclic) bond motifs is 1. The van der Waals surface area contributed by atoms with Crippen LogP contribution in [-0.4, -0.2) is 16.1 Å². The van der Waals surface area contributed by atoms with E-state index in [4.69, 9.17) is 5.11 Å². The minimum Gasteiger partial charge on any atom is -0.472 e. The molecule has 3 nitrogen and oxygen atoms in total. The SMILES string of the molecule is O=C(O)C#Cc1ccccc1-c1cccc2cccnc12. The number of carboxylic acid groups (broad SMARTS) is 1. The Labute approximate surface area is 121 Å². The number of aliphatic carboxylic acids is 1. The van der Waals surface area contributed by atoms with Crippen LogP contribution in [0.25, 0.3) is 22.0 Å². The van der Waals surface area contributed by atoms with Gasteiger partial charge in [-0.25, -0.2) is 4.79 Å². The maximum atomic E-state index is 10.6. The molecule has 0 bridgehead atoms. The monoisotopic (exact) mass is 273 g/mol. The van der Waals surface area contributed by atoms with E-state index in [9.17, 15) is 4.79 Å².